The van der Waals surface area contributed by atoms with E-state index in [2.05, 4.69) is 5.32 Å². The molecule has 4 aromatic rings. The molecule has 0 heterocycles. The predicted octanol–water partition coefficient (Wildman–Crippen LogP) is 5.34. The molecule has 0 aromatic heterocycles. The highest BCUT2D eigenvalue weighted by Crippen LogP contribution is 2.29. The number of para-hydroxylation sites is 1. The molecular formula is C29H27FN2O4S. The van der Waals surface area contributed by atoms with Gasteiger partial charge >= 0.3 is 0 Å². The number of anilines is 1. The summed E-state index contributed by atoms with van der Waals surface area (Å²) in [5, 5.41) is 2.78. The van der Waals surface area contributed by atoms with E-state index in [-0.39, 0.29) is 41.7 Å². The van der Waals surface area contributed by atoms with Gasteiger partial charge in [0.1, 0.15) is 18.2 Å². The van der Waals surface area contributed by atoms with Crippen molar-refractivity contribution in [3.05, 3.63) is 126 Å². The van der Waals surface area contributed by atoms with Gasteiger partial charge in [0.15, 0.2) is 0 Å². The van der Waals surface area contributed by atoms with Gasteiger partial charge in [-0.1, -0.05) is 60.2 Å². The highest BCUT2D eigenvalue weighted by atomic mass is 32.2. The monoisotopic (exact) mass is 518 g/mol. The van der Waals surface area contributed by atoms with Crippen LogP contribution in [-0.4, -0.2) is 27.5 Å². The summed E-state index contributed by atoms with van der Waals surface area (Å²) in [6.45, 7) is 2.27. The summed E-state index contributed by atoms with van der Waals surface area (Å²) < 4.78 is 47.5. The van der Waals surface area contributed by atoms with Crippen LogP contribution in [0.3, 0.4) is 0 Å². The number of rotatable bonds is 10. The van der Waals surface area contributed by atoms with E-state index in [0.717, 1.165) is 11.1 Å². The molecule has 4 rings (SSSR count). The molecule has 0 fully saturated rings. The zero-order valence-electron chi connectivity index (χ0n) is 20.3. The molecule has 0 atom stereocenters. The number of ether oxygens (including phenoxy) is 1. The van der Waals surface area contributed by atoms with Crippen LogP contribution in [0.4, 0.5) is 10.1 Å². The van der Waals surface area contributed by atoms with Gasteiger partial charge in [-0.2, -0.15) is 0 Å². The van der Waals surface area contributed by atoms with Crippen molar-refractivity contribution in [2.75, 3.05) is 17.5 Å². The van der Waals surface area contributed by atoms with Gasteiger partial charge in [0.25, 0.3) is 15.9 Å². The summed E-state index contributed by atoms with van der Waals surface area (Å²) in [5.74, 6) is -0.317. The maximum atomic E-state index is 13.8. The maximum absolute atomic E-state index is 13.8. The summed E-state index contributed by atoms with van der Waals surface area (Å²) >= 11 is 0. The third kappa shape index (κ3) is 6.54. The summed E-state index contributed by atoms with van der Waals surface area (Å²) in [4.78, 5) is 13.3. The Bertz CT molecular complexity index is 1440. The van der Waals surface area contributed by atoms with Gasteiger partial charge in [-0.25, -0.2) is 12.8 Å². The van der Waals surface area contributed by atoms with Crippen molar-refractivity contribution >= 4 is 21.6 Å². The standard InChI is InChI=1S/C29H27FN2O4S/c1-22-11-17-26(18-12-22)37(34,35)32(21-23-7-3-2-4-8-23)28-10-6-5-9-27(28)29(33)31-19-20-36-25-15-13-24(30)14-16-25/h2-18H,19-21H2,1H3,(H,31,33). The van der Waals surface area contributed by atoms with E-state index >= 15 is 0 Å². The first-order valence-corrected chi connectivity index (χ1v) is 13.2. The lowest BCUT2D eigenvalue weighted by Gasteiger charge is -2.26. The zero-order chi connectivity index (χ0) is 26.3. The van der Waals surface area contributed by atoms with Gasteiger partial charge < -0.3 is 10.1 Å². The topological polar surface area (TPSA) is 75.7 Å². The van der Waals surface area contributed by atoms with Crippen LogP contribution in [0.15, 0.2) is 108 Å². The van der Waals surface area contributed by atoms with Crippen LogP contribution < -0.4 is 14.4 Å². The predicted molar refractivity (Wildman–Crippen MR) is 142 cm³/mol. The Morgan fingerprint density at radius 2 is 1.51 bits per heavy atom. The first kappa shape index (κ1) is 25.9. The lowest BCUT2D eigenvalue weighted by Crippen LogP contribution is -2.34. The van der Waals surface area contributed by atoms with E-state index in [0.29, 0.717) is 5.75 Å². The minimum absolute atomic E-state index is 0.0506. The van der Waals surface area contributed by atoms with Gasteiger partial charge in [0, 0.05) is 0 Å². The molecular weight excluding hydrogens is 491 g/mol. The molecule has 4 aromatic carbocycles. The van der Waals surface area contributed by atoms with E-state index in [4.69, 9.17) is 4.74 Å². The Morgan fingerprint density at radius 1 is 0.865 bits per heavy atom. The summed E-state index contributed by atoms with van der Waals surface area (Å²) in [7, 11) is -3.99. The highest BCUT2D eigenvalue weighted by molar-refractivity contribution is 7.92. The molecule has 0 saturated carbocycles. The summed E-state index contributed by atoms with van der Waals surface area (Å²) in [5.41, 5.74) is 2.21. The number of sulfonamides is 1. The van der Waals surface area contributed by atoms with Crippen molar-refractivity contribution in [2.24, 2.45) is 0 Å². The average Bonchev–Trinajstić information content (AvgIpc) is 2.91. The average molecular weight is 519 g/mol. The van der Waals surface area contributed by atoms with E-state index in [9.17, 15) is 17.6 Å². The Morgan fingerprint density at radius 3 is 2.22 bits per heavy atom. The number of benzene rings is 4. The second-order valence-electron chi connectivity index (χ2n) is 8.39. The molecule has 37 heavy (non-hydrogen) atoms. The molecule has 1 N–H and O–H groups in total. The van der Waals surface area contributed by atoms with Crippen molar-refractivity contribution in [3.8, 4) is 5.75 Å². The molecule has 0 aliphatic carbocycles. The molecule has 0 spiro atoms. The second kappa shape index (κ2) is 11.7. The third-order valence-electron chi connectivity index (χ3n) is 5.67. The number of nitrogens with one attached hydrogen (secondary N) is 1. The van der Waals surface area contributed by atoms with Crippen LogP contribution in [-0.2, 0) is 16.6 Å². The third-order valence-corrected chi connectivity index (χ3v) is 7.44. The maximum Gasteiger partial charge on any atom is 0.264 e. The minimum atomic E-state index is -3.99. The van der Waals surface area contributed by atoms with Gasteiger partial charge in [-0.3, -0.25) is 9.10 Å². The number of hydrogen-bond acceptors (Lipinski definition) is 4. The molecule has 0 bridgehead atoms. The summed E-state index contributed by atoms with van der Waals surface area (Å²) in [6, 6.07) is 28.0. The normalized spacial score (nSPS) is 11.1. The summed E-state index contributed by atoms with van der Waals surface area (Å²) in [6.07, 6.45) is 0. The lowest BCUT2D eigenvalue weighted by molar-refractivity contribution is 0.0947. The number of nitrogens with zero attached hydrogens (tertiary/aromatic N) is 1. The van der Waals surface area contributed by atoms with Crippen LogP contribution in [0.25, 0.3) is 0 Å². The first-order valence-electron chi connectivity index (χ1n) is 11.7. The number of aryl methyl sites for hydroxylation is 1. The molecule has 190 valence electrons. The van der Waals surface area contributed by atoms with Crippen LogP contribution >= 0.6 is 0 Å². The van der Waals surface area contributed by atoms with Gasteiger partial charge in [0.2, 0.25) is 0 Å². The molecule has 0 aliphatic heterocycles. The van der Waals surface area contributed by atoms with E-state index < -0.39 is 15.9 Å². The quantitative estimate of drug-likeness (QED) is 0.288. The van der Waals surface area contributed by atoms with Crippen LogP contribution in [0.1, 0.15) is 21.5 Å². The Labute approximate surface area is 216 Å². The molecule has 1 amide bonds. The van der Waals surface area contributed by atoms with Crippen molar-refractivity contribution in [3.63, 3.8) is 0 Å². The van der Waals surface area contributed by atoms with Crippen LogP contribution in [0, 0.1) is 12.7 Å². The SMILES string of the molecule is Cc1ccc(S(=O)(=O)N(Cc2ccccc2)c2ccccc2C(=O)NCCOc2ccc(F)cc2)cc1. The Kier molecular flexibility index (Phi) is 8.20. The number of amides is 1. The van der Waals surface area contributed by atoms with E-state index in [1.54, 1.807) is 48.5 Å². The number of halogens is 1. The fourth-order valence-corrected chi connectivity index (χ4v) is 5.20. The van der Waals surface area contributed by atoms with Crippen LogP contribution in [0.5, 0.6) is 5.75 Å². The number of carbonyl (C=O) groups excluding carboxylic acids is 1. The molecule has 0 aliphatic rings. The minimum Gasteiger partial charge on any atom is -0.492 e. The first-order chi connectivity index (χ1) is 17.8. The van der Waals surface area contributed by atoms with Crippen molar-refractivity contribution in [1.29, 1.82) is 0 Å². The van der Waals surface area contributed by atoms with Crippen molar-refractivity contribution in [2.45, 2.75) is 18.4 Å². The van der Waals surface area contributed by atoms with Gasteiger partial charge in [-0.05, 0) is 61.0 Å². The number of carbonyl (C=O) groups is 1. The number of hydrogen-bond donors (Lipinski definition) is 1. The molecule has 0 radical (unpaired) electrons. The fourth-order valence-electron chi connectivity index (χ4n) is 3.73. The Balaban J connectivity index is 1.59. The lowest BCUT2D eigenvalue weighted by atomic mass is 10.1. The van der Waals surface area contributed by atoms with Crippen molar-refractivity contribution < 1.29 is 22.3 Å². The fraction of sp³-hybridized carbons (Fsp3) is 0.138. The second-order valence-corrected chi connectivity index (χ2v) is 10.2. The largest absolute Gasteiger partial charge is 0.492 e. The van der Waals surface area contributed by atoms with E-state index in [1.807, 2.05) is 37.3 Å². The van der Waals surface area contributed by atoms with Crippen molar-refractivity contribution in [1.82, 2.24) is 5.32 Å². The highest BCUT2D eigenvalue weighted by Gasteiger charge is 2.28. The van der Waals surface area contributed by atoms with Crippen LogP contribution in [0.2, 0.25) is 0 Å². The van der Waals surface area contributed by atoms with Gasteiger partial charge in [0.05, 0.1) is 29.2 Å². The molecule has 0 saturated heterocycles. The van der Waals surface area contributed by atoms with E-state index in [1.165, 1.54) is 28.6 Å². The van der Waals surface area contributed by atoms with Gasteiger partial charge in [-0.15, -0.1) is 0 Å². The Hall–Kier alpha value is -4.17. The molecule has 0 unspecified atom stereocenters. The molecule has 6 nitrogen and oxygen atoms in total. The zero-order valence-corrected chi connectivity index (χ0v) is 21.1. The molecule has 8 heteroatoms. The smallest absolute Gasteiger partial charge is 0.264 e.